The Morgan fingerprint density at radius 1 is 0.829 bits per heavy atom. The largest absolute Gasteiger partial charge is 0.445 e. The van der Waals surface area contributed by atoms with Crippen LogP contribution in [0.15, 0.2) is 72.8 Å². The number of piperazine rings is 1. The van der Waals surface area contributed by atoms with Crippen LogP contribution in [-0.4, -0.2) is 72.0 Å². The van der Waals surface area contributed by atoms with Gasteiger partial charge in [0.25, 0.3) is 5.91 Å². The van der Waals surface area contributed by atoms with Gasteiger partial charge in [0, 0.05) is 45.3 Å². The molecule has 3 heterocycles. The van der Waals surface area contributed by atoms with E-state index in [9.17, 15) is 9.59 Å². The van der Waals surface area contributed by atoms with E-state index in [1.165, 1.54) is 12.1 Å². The molecule has 1 saturated carbocycles. The van der Waals surface area contributed by atoms with Crippen molar-refractivity contribution in [2.75, 3.05) is 39.3 Å². The number of benzene rings is 3. The van der Waals surface area contributed by atoms with Gasteiger partial charge in [-0.25, -0.2) is 13.6 Å². The minimum Gasteiger partial charge on any atom is -0.445 e. The summed E-state index contributed by atoms with van der Waals surface area (Å²) in [7, 11) is 0. The third kappa shape index (κ3) is 5.98. The molecule has 4 fully saturated rings. The van der Waals surface area contributed by atoms with Crippen LogP contribution < -0.4 is 0 Å². The lowest BCUT2D eigenvalue weighted by Crippen LogP contribution is -2.57. The van der Waals surface area contributed by atoms with Crippen molar-refractivity contribution in [1.82, 2.24) is 14.7 Å². The Morgan fingerprint density at radius 2 is 1.49 bits per heavy atom. The third-order valence-corrected chi connectivity index (χ3v) is 8.94. The molecule has 2 bridgehead atoms. The van der Waals surface area contributed by atoms with Gasteiger partial charge in [-0.15, -0.1) is 0 Å². The van der Waals surface area contributed by atoms with E-state index in [1.807, 2.05) is 48.5 Å². The Balaban J connectivity index is 1.02. The number of hydrogen-bond donors (Lipinski definition) is 0. The molecule has 3 aromatic carbocycles. The van der Waals surface area contributed by atoms with Gasteiger partial charge in [-0.2, -0.15) is 0 Å². The van der Waals surface area contributed by atoms with E-state index in [4.69, 9.17) is 4.74 Å². The second kappa shape index (κ2) is 12.0. The van der Waals surface area contributed by atoms with Crippen LogP contribution in [0.1, 0.15) is 35.2 Å². The molecule has 0 radical (unpaired) electrons. The van der Waals surface area contributed by atoms with Crippen LogP contribution in [0.2, 0.25) is 0 Å². The average molecular weight is 560 g/mol. The first-order valence-corrected chi connectivity index (χ1v) is 14.5. The molecule has 0 aromatic heterocycles. The molecule has 3 aromatic rings. The van der Waals surface area contributed by atoms with Gasteiger partial charge in [0.2, 0.25) is 0 Å². The van der Waals surface area contributed by atoms with Gasteiger partial charge in [0.05, 0.1) is 0 Å². The van der Waals surface area contributed by atoms with Gasteiger partial charge in [-0.1, -0.05) is 60.7 Å². The van der Waals surface area contributed by atoms with E-state index in [1.54, 1.807) is 21.9 Å². The maximum Gasteiger partial charge on any atom is 0.410 e. The monoisotopic (exact) mass is 559 g/mol. The molecule has 3 aliphatic heterocycles. The van der Waals surface area contributed by atoms with Crippen LogP contribution >= 0.6 is 0 Å². The lowest BCUT2D eigenvalue weighted by atomic mass is 9.71. The van der Waals surface area contributed by atoms with Crippen LogP contribution in [0.5, 0.6) is 0 Å². The summed E-state index contributed by atoms with van der Waals surface area (Å²) in [6, 6.07) is 21.2. The summed E-state index contributed by atoms with van der Waals surface area (Å²) in [5, 5.41) is 0. The van der Waals surface area contributed by atoms with Crippen LogP contribution in [0.4, 0.5) is 13.6 Å². The third-order valence-electron chi connectivity index (χ3n) is 8.94. The van der Waals surface area contributed by atoms with Gasteiger partial charge >= 0.3 is 6.09 Å². The highest BCUT2D eigenvalue weighted by molar-refractivity contribution is 5.95. The number of ether oxygens (including phenoxy) is 1. The smallest absolute Gasteiger partial charge is 0.410 e. The lowest BCUT2D eigenvalue weighted by Gasteiger charge is -2.51. The molecule has 6 nitrogen and oxygen atoms in total. The zero-order chi connectivity index (χ0) is 28.3. The van der Waals surface area contributed by atoms with E-state index in [0.717, 1.165) is 44.5 Å². The van der Waals surface area contributed by atoms with Gasteiger partial charge in [0.1, 0.15) is 23.8 Å². The Bertz CT molecular complexity index is 1360. The van der Waals surface area contributed by atoms with Gasteiger partial charge in [0.15, 0.2) is 0 Å². The number of piperidine rings is 2. The molecule has 0 unspecified atom stereocenters. The molecule has 8 heteroatoms. The maximum absolute atomic E-state index is 15.1. The van der Waals surface area contributed by atoms with Crippen molar-refractivity contribution in [3.05, 3.63) is 95.6 Å². The number of hydrogen-bond acceptors (Lipinski definition) is 4. The minimum atomic E-state index is -0.813. The molecule has 41 heavy (non-hydrogen) atoms. The topological polar surface area (TPSA) is 53.1 Å². The number of carbonyl (C=O) groups is 2. The average Bonchev–Trinajstić information content (AvgIpc) is 3.01. The van der Waals surface area contributed by atoms with Crippen molar-refractivity contribution >= 4 is 12.0 Å². The van der Waals surface area contributed by atoms with Gasteiger partial charge in [-0.05, 0) is 59.9 Å². The molecule has 3 saturated heterocycles. The summed E-state index contributed by atoms with van der Waals surface area (Å²) in [5.41, 5.74) is 1.63. The first-order chi connectivity index (χ1) is 20.0. The van der Waals surface area contributed by atoms with Crippen LogP contribution in [0, 0.1) is 23.5 Å². The van der Waals surface area contributed by atoms with E-state index in [0.29, 0.717) is 42.6 Å². The number of rotatable bonds is 6. The van der Waals surface area contributed by atoms with Crippen LogP contribution in [0.25, 0.3) is 11.1 Å². The summed E-state index contributed by atoms with van der Waals surface area (Å²) < 4.78 is 35.7. The minimum absolute atomic E-state index is 0.0145. The lowest BCUT2D eigenvalue weighted by molar-refractivity contribution is -0.00685. The normalized spacial score (nSPS) is 22.5. The number of fused-ring (bicyclic) bond motifs is 3. The number of halogens is 2. The van der Waals surface area contributed by atoms with Crippen molar-refractivity contribution in [2.45, 2.75) is 31.9 Å². The Morgan fingerprint density at radius 3 is 2.12 bits per heavy atom. The van der Waals surface area contributed by atoms with Gasteiger partial charge in [-0.3, -0.25) is 9.69 Å². The Hall–Kier alpha value is -3.78. The first-order valence-electron chi connectivity index (χ1n) is 14.5. The maximum atomic E-state index is 15.1. The molecule has 1 aliphatic carbocycles. The van der Waals surface area contributed by atoms with E-state index in [2.05, 4.69) is 4.90 Å². The van der Waals surface area contributed by atoms with Crippen molar-refractivity contribution in [1.29, 1.82) is 0 Å². The van der Waals surface area contributed by atoms with E-state index in [-0.39, 0.29) is 18.7 Å². The van der Waals surface area contributed by atoms with Crippen molar-refractivity contribution < 1.29 is 23.1 Å². The van der Waals surface area contributed by atoms with Crippen molar-refractivity contribution in [2.24, 2.45) is 11.8 Å². The van der Waals surface area contributed by atoms with Crippen molar-refractivity contribution in [3.63, 3.8) is 0 Å². The Labute approximate surface area is 239 Å². The highest BCUT2D eigenvalue weighted by atomic mass is 19.1. The molecular formula is C33H35F2N3O3. The number of amides is 2. The second-order valence-electron chi connectivity index (χ2n) is 11.5. The van der Waals surface area contributed by atoms with Crippen molar-refractivity contribution in [3.8, 4) is 11.1 Å². The summed E-state index contributed by atoms with van der Waals surface area (Å²) in [6.07, 6.45) is 2.43. The molecular weight excluding hydrogens is 524 g/mol. The zero-order valence-electron chi connectivity index (χ0n) is 23.1. The predicted octanol–water partition coefficient (Wildman–Crippen LogP) is 5.83. The highest BCUT2D eigenvalue weighted by Gasteiger charge is 2.44. The number of carbonyl (C=O) groups excluding carboxylic acids is 2. The van der Waals surface area contributed by atoms with Crippen LogP contribution in [-0.2, 0) is 11.3 Å². The molecule has 0 N–H and O–H groups in total. The molecule has 0 spiro atoms. The standard InChI is InChI=1S/C33H35F2N3O3/c34-29-18-26(24-9-5-2-6-10-24)19-30(35)31(29)32(39)38-21-25-11-12-28(38)17-27(25)20-36-13-15-37(16-14-36)33(40)41-22-23-7-3-1-4-8-23/h1-10,18-19,25,27-28H,11-17,20-22H2/t25-,27-,28-/m1/s1. The quantitative estimate of drug-likeness (QED) is 0.382. The number of nitrogens with zero attached hydrogens (tertiary/aromatic N) is 3. The van der Waals surface area contributed by atoms with E-state index >= 15 is 8.78 Å². The fraction of sp³-hybridized carbons (Fsp3) is 0.394. The molecule has 4 aliphatic rings. The second-order valence-corrected chi connectivity index (χ2v) is 11.5. The summed E-state index contributed by atoms with van der Waals surface area (Å²) in [5.74, 6) is -1.45. The molecule has 3 atom stereocenters. The van der Waals surface area contributed by atoms with E-state index < -0.39 is 23.1 Å². The molecule has 7 rings (SSSR count). The highest BCUT2D eigenvalue weighted by Crippen LogP contribution is 2.41. The zero-order valence-corrected chi connectivity index (χ0v) is 23.1. The summed E-state index contributed by atoms with van der Waals surface area (Å²) >= 11 is 0. The molecule has 2 amide bonds. The fourth-order valence-corrected chi connectivity index (χ4v) is 6.67. The van der Waals surface area contributed by atoms with Crippen LogP contribution in [0.3, 0.4) is 0 Å². The van der Waals surface area contributed by atoms with Gasteiger partial charge < -0.3 is 14.5 Å². The SMILES string of the molecule is O=C(OCc1ccccc1)N1CCN(C[C@H]2C[C@H]3CC[C@@H]2CN3C(=O)c2c(F)cc(-c3ccccc3)cc2F)CC1. The first kappa shape index (κ1) is 27.4. The summed E-state index contributed by atoms with van der Waals surface area (Å²) in [4.78, 5) is 31.8. The predicted molar refractivity (Wildman–Crippen MR) is 152 cm³/mol. The summed E-state index contributed by atoms with van der Waals surface area (Å²) in [6.45, 7) is 4.50. The molecule has 214 valence electrons. The fourth-order valence-electron chi connectivity index (χ4n) is 6.67. The Kier molecular flexibility index (Phi) is 8.01.